The van der Waals surface area contributed by atoms with Gasteiger partial charge in [0.1, 0.15) is 0 Å². The van der Waals surface area contributed by atoms with Crippen LogP contribution in [-0.4, -0.2) is 10.9 Å². The average molecular weight is 305 g/mol. The Morgan fingerprint density at radius 1 is 1.13 bits per heavy atom. The summed E-state index contributed by atoms with van der Waals surface area (Å²) >= 11 is 0. The maximum Gasteiger partial charge on any atom is 0.227 e. The standard InChI is InChI=1S/C19H19N3O/c20-13-6-8-14(9-7-13)21-19(23)12-5-10-18-16(11-12)15-3-1-2-4-17(15)22-18/h1-4,6-9,12,22H,5,10-11,20H2,(H,21,23). The smallest absolute Gasteiger partial charge is 0.227 e. The van der Waals surface area contributed by atoms with Crippen molar-refractivity contribution in [2.75, 3.05) is 11.1 Å². The van der Waals surface area contributed by atoms with E-state index in [1.54, 1.807) is 12.1 Å². The van der Waals surface area contributed by atoms with Crippen molar-refractivity contribution in [1.82, 2.24) is 4.98 Å². The number of aromatic amines is 1. The largest absolute Gasteiger partial charge is 0.399 e. The number of carbonyl (C=O) groups is 1. The maximum absolute atomic E-state index is 12.6. The van der Waals surface area contributed by atoms with Gasteiger partial charge in [-0.05, 0) is 55.2 Å². The van der Waals surface area contributed by atoms with Gasteiger partial charge in [-0.3, -0.25) is 4.79 Å². The molecule has 2 aromatic carbocycles. The number of nitrogen functional groups attached to an aromatic ring is 1. The molecule has 1 atom stereocenters. The number of aryl methyl sites for hydroxylation is 1. The molecule has 1 aliphatic carbocycles. The molecule has 23 heavy (non-hydrogen) atoms. The second-order valence-electron chi connectivity index (χ2n) is 6.18. The third-order valence-electron chi connectivity index (χ3n) is 4.64. The van der Waals surface area contributed by atoms with E-state index in [0.717, 1.165) is 30.5 Å². The van der Waals surface area contributed by atoms with Gasteiger partial charge in [0.2, 0.25) is 5.91 Å². The minimum absolute atomic E-state index is 0.0132. The lowest BCUT2D eigenvalue weighted by Crippen LogP contribution is -2.28. The molecule has 1 aromatic heterocycles. The molecule has 0 fully saturated rings. The zero-order valence-corrected chi connectivity index (χ0v) is 12.8. The number of benzene rings is 2. The Morgan fingerprint density at radius 3 is 2.74 bits per heavy atom. The SMILES string of the molecule is Nc1ccc(NC(=O)C2CCc3[nH]c4ccccc4c3C2)cc1. The number of fused-ring (bicyclic) bond motifs is 3. The minimum Gasteiger partial charge on any atom is -0.399 e. The van der Waals surface area contributed by atoms with Crippen LogP contribution in [0, 0.1) is 5.92 Å². The molecule has 4 rings (SSSR count). The maximum atomic E-state index is 12.6. The van der Waals surface area contributed by atoms with E-state index in [1.165, 1.54) is 16.6 Å². The van der Waals surface area contributed by atoms with E-state index in [2.05, 4.69) is 28.5 Å². The first-order valence-corrected chi connectivity index (χ1v) is 7.95. The topological polar surface area (TPSA) is 70.9 Å². The summed E-state index contributed by atoms with van der Waals surface area (Å²) in [5.41, 5.74) is 10.9. The second kappa shape index (κ2) is 5.47. The Hall–Kier alpha value is -2.75. The molecule has 0 saturated heterocycles. The molecule has 4 nitrogen and oxygen atoms in total. The first-order valence-electron chi connectivity index (χ1n) is 7.95. The highest BCUT2D eigenvalue weighted by Crippen LogP contribution is 2.32. The van der Waals surface area contributed by atoms with Crippen molar-refractivity contribution in [1.29, 1.82) is 0 Å². The van der Waals surface area contributed by atoms with E-state index in [4.69, 9.17) is 5.73 Å². The molecular weight excluding hydrogens is 286 g/mol. The number of para-hydroxylation sites is 1. The lowest BCUT2D eigenvalue weighted by Gasteiger charge is -2.22. The molecule has 0 aliphatic heterocycles. The number of nitrogens with one attached hydrogen (secondary N) is 2. The second-order valence-corrected chi connectivity index (χ2v) is 6.18. The number of hydrogen-bond donors (Lipinski definition) is 3. The molecule has 0 radical (unpaired) electrons. The first kappa shape index (κ1) is 13.9. The Balaban J connectivity index is 1.55. The van der Waals surface area contributed by atoms with Gasteiger partial charge in [-0.1, -0.05) is 18.2 Å². The molecule has 0 bridgehead atoms. The number of carbonyl (C=O) groups excluding carboxylic acids is 1. The van der Waals surface area contributed by atoms with Crippen LogP contribution in [0.4, 0.5) is 11.4 Å². The summed E-state index contributed by atoms with van der Waals surface area (Å²) in [7, 11) is 0. The van der Waals surface area contributed by atoms with Crippen LogP contribution in [0.5, 0.6) is 0 Å². The molecule has 1 aliphatic rings. The van der Waals surface area contributed by atoms with Crippen LogP contribution >= 0.6 is 0 Å². The molecule has 1 amide bonds. The predicted molar refractivity (Wildman–Crippen MR) is 93.3 cm³/mol. The van der Waals surface area contributed by atoms with Gasteiger partial charge in [0.15, 0.2) is 0 Å². The van der Waals surface area contributed by atoms with Crippen molar-refractivity contribution in [3.63, 3.8) is 0 Å². The summed E-state index contributed by atoms with van der Waals surface area (Å²) in [6.07, 6.45) is 2.59. The summed E-state index contributed by atoms with van der Waals surface area (Å²) in [5, 5.41) is 4.25. The van der Waals surface area contributed by atoms with Crippen LogP contribution in [0.1, 0.15) is 17.7 Å². The van der Waals surface area contributed by atoms with Crippen LogP contribution in [0.3, 0.4) is 0 Å². The van der Waals surface area contributed by atoms with E-state index in [-0.39, 0.29) is 11.8 Å². The molecule has 0 saturated carbocycles. The molecule has 4 heteroatoms. The van der Waals surface area contributed by atoms with Crippen LogP contribution in [-0.2, 0) is 17.6 Å². The van der Waals surface area contributed by atoms with Crippen LogP contribution in [0.25, 0.3) is 10.9 Å². The normalized spacial score (nSPS) is 17.0. The Morgan fingerprint density at radius 2 is 1.91 bits per heavy atom. The highest BCUT2D eigenvalue weighted by atomic mass is 16.1. The minimum atomic E-state index is 0.0132. The zero-order chi connectivity index (χ0) is 15.8. The third-order valence-corrected chi connectivity index (χ3v) is 4.64. The lowest BCUT2D eigenvalue weighted by atomic mass is 9.86. The number of rotatable bonds is 2. The van der Waals surface area contributed by atoms with Crippen molar-refractivity contribution in [2.24, 2.45) is 5.92 Å². The summed E-state index contributed by atoms with van der Waals surface area (Å²) in [6, 6.07) is 15.6. The van der Waals surface area contributed by atoms with Gasteiger partial charge in [0.05, 0.1) is 0 Å². The van der Waals surface area contributed by atoms with Crippen LogP contribution < -0.4 is 11.1 Å². The number of amides is 1. The number of hydrogen-bond acceptors (Lipinski definition) is 2. The highest BCUT2D eigenvalue weighted by molar-refractivity contribution is 5.94. The van der Waals surface area contributed by atoms with Gasteiger partial charge >= 0.3 is 0 Å². The fourth-order valence-corrected chi connectivity index (χ4v) is 3.40. The molecule has 1 heterocycles. The van der Waals surface area contributed by atoms with E-state index in [9.17, 15) is 4.79 Å². The predicted octanol–water partition coefficient (Wildman–Crippen LogP) is 3.49. The number of aromatic nitrogens is 1. The molecule has 116 valence electrons. The molecule has 1 unspecified atom stereocenters. The van der Waals surface area contributed by atoms with Crippen molar-refractivity contribution in [3.8, 4) is 0 Å². The monoisotopic (exact) mass is 305 g/mol. The zero-order valence-electron chi connectivity index (χ0n) is 12.8. The van der Waals surface area contributed by atoms with Gasteiger partial charge in [0.25, 0.3) is 0 Å². The van der Waals surface area contributed by atoms with Gasteiger partial charge in [0, 0.05) is 33.9 Å². The third kappa shape index (κ3) is 2.57. The van der Waals surface area contributed by atoms with Crippen molar-refractivity contribution in [3.05, 3.63) is 59.8 Å². The first-order chi connectivity index (χ1) is 11.2. The summed E-state index contributed by atoms with van der Waals surface area (Å²) < 4.78 is 0. The fourth-order valence-electron chi connectivity index (χ4n) is 3.40. The molecule has 3 aromatic rings. The lowest BCUT2D eigenvalue weighted by molar-refractivity contribution is -0.120. The molecular formula is C19H19N3O. The average Bonchev–Trinajstić information content (AvgIpc) is 2.94. The molecule has 4 N–H and O–H groups in total. The van der Waals surface area contributed by atoms with Gasteiger partial charge < -0.3 is 16.0 Å². The molecule has 0 spiro atoms. The van der Waals surface area contributed by atoms with E-state index >= 15 is 0 Å². The van der Waals surface area contributed by atoms with Crippen molar-refractivity contribution in [2.45, 2.75) is 19.3 Å². The Labute approximate surface area is 134 Å². The summed E-state index contributed by atoms with van der Waals surface area (Å²) in [6.45, 7) is 0. The van der Waals surface area contributed by atoms with Crippen molar-refractivity contribution >= 4 is 28.2 Å². The van der Waals surface area contributed by atoms with E-state index < -0.39 is 0 Å². The van der Waals surface area contributed by atoms with Gasteiger partial charge in [-0.2, -0.15) is 0 Å². The van der Waals surface area contributed by atoms with Crippen molar-refractivity contribution < 1.29 is 4.79 Å². The number of H-pyrrole nitrogens is 1. The highest BCUT2D eigenvalue weighted by Gasteiger charge is 2.27. The Kier molecular flexibility index (Phi) is 3.30. The van der Waals surface area contributed by atoms with Gasteiger partial charge in [-0.15, -0.1) is 0 Å². The number of anilines is 2. The van der Waals surface area contributed by atoms with Crippen LogP contribution in [0.15, 0.2) is 48.5 Å². The Bertz CT molecular complexity index is 864. The number of nitrogens with two attached hydrogens (primary N) is 1. The van der Waals surface area contributed by atoms with Gasteiger partial charge in [-0.25, -0.2) is 0 Å². The van der Waals surface area contributed by atoms with E-state index in [1.807, 2.05) is 18.2 Å². The van der Waals surface area contributed by atoms with Crippen LogP contribution in [0.2, 0.25) is 0 Å². The van der Waals surface area contributed by atoms with E-state index in [0.29, 0.717) is 5.69 Å². The quantitative estimate of drug-likeness (QED) is 0.634. The summed E-state index contributed by atoms with van der Waals surface area (Å²) in [4.78, 5) is 16.1. The fraction of sp³-hybridized carbons (Fsp3) is 0.211. The summed E-state index contributed by atoms with van der Waals surface area (Å²) in [5.74, 6) is 0.102.